The van der Waals surface area contributed by atoms with Crippen LogP contribution in [0, 0.1) is 5.92 Å². The molecule has 3 aliphatic rings. The second kappa shape index (κ2) is 7.28. The molecule has 86 valence electrons. The fourth-order valence-electron chi connectivity index (χ4n) is 2.75. The molecule has 2 heterocycles. The lowest BCUT2D eigenvalue weighted by Crippen LogP contribution is -2.60. The summed E-state index contributed by atoms with van der Waals surface area (Å²) in [6.07, 6.45) is 4.42. The fraction of sp³-hybridized carbons (Fsp3) is 1.00. The molecule has 2 bridgehead atoms. The second-order valence-electron chi connectivity index (χ2n) is 3.95. The zero-order valence-corrected chi connectivity index (χ0v) is 11.0. The topological polar surface area (TPSA) is 3.24 Å². The molecule has 2 atom stereocenters. The van der Waals surface area contributed by atoms with E-state index in [4.69, 9.17) is 0 Å². The quantitative estimate of drug-likeness (QED) is 0.618. The number of nitrogens with zero attached hydrogens (tertiary/aromatic N) is 1. The molecule has 1 nitrogen and oxygen atoms in total. The summed E-state index contributed by atoms with van der Waals surface area (Å²) in [6.45, 7) is 14.0. The highest BCUT2D eigenvalue weighted by molar-refractivity contribution is 4.98. The molecule has 3 fully saturated rings. The molecule has 0 spiro atoms. The van der Waals surface area contributed by atoms with Crippen LogP contribution in [-0.4, -0.2) is 23.5 Å². The van der Waals surface area contributed by atoms with Gasteiger partial charge in [0.1, 0.15) is 0 Å². The van der Waals surface area contributed by atoms with Gasteiger partial charge in [-0.1, -0.05) is 41.5 Å². The maximum Gasteiger partial charge on any atom is 0.0115 e. The molecule has 0 amide bonds. The molecule has 3 rings (SSSR count). The molecule has 14 heavy (non-hydrogen) atoms. The molecule has 1 heteroatoms. The summed E-state index contributed by atoms with van der Waals surface area (Å²) in [5.74, 6) is 1.01. The molecule has 2 unspecified atom stereocenters. The van der Waals surface area contributed by atoms with Crippen LogP contribution in [0.3, 0.4) is 0 Å². The average molecular weight is 199 g/mol. The van der Waals surface area contributed by atoms with Crippen molar-refractivity contribution in [2.45, 2.75) is 72.9 Å². The molecule has 0 aromatic rings. The van der Waals surface area contributed by atoms with E-state index in [1.165, 1.54) is 25.8 Å². The summed E-state index contributed by atoms with van der Waals surface area (Å²) in [7, 11) is 0. The standard InChI is InChI=1S/C9H17N.2C2H6/c1-3-10-8-4-7(2)5-9(10)6-8;2*1-2/h7-9H,3-6H2,1-2H3;2*1-2H3. The molecule has 1 saturated carbocycles. The summed E-state index contributed by atoms with van der Waals surface area (Å²) in [6, 6.07) is 1.94. The van der Waals surface area contributed by atoms with Crippen LogP contribution in [0.2, 0.25) is 0 Å². The van der Waals surface area contributed by atoms with Gasteiger partial charge in [-0.3, -0.25) is 4.90 Å². The van der Waals surface area contributed by atoms with Crippen molar-refractivity contribution in [3.63, 3.8) is 0 Å². The number of hydrogen-bond acceptors (Lipinski definition) is 1. The molecule has 0 aromatic heterocycles. The van der Waals surface area contributed by atoms with Crippen molar-refractivity contribution < 1.29 is 0 Å². The monoisotopic (exact) mass is 199 g/mol. The van der Waals surface area contributed by atoms with Gasteiger partial charge in [-0.05, 0) is 31.7 Å². The molecular formula is C13H29N. The normalized spacial score (nSPS) is 34.3. The van der Waals surface area contributed by atoms with E-state index in [1.807, 2.05) is 27.7 Å². The Hall–Kier alpha value is -0.0400. The van der Waals surface area contributed by atoms with Gasteiger partial charge < -0.3 is 0 Å². The van der Waals surface area contributed by atoms with Gasteiger partial charge in [-0.25, -0.2) is 0 Å². The van der Waals surface area contributed by atoms with E-state index in [0.717, 1.165) is 18.0 Å². The van der Waals surface area contributed by atoms with Crippen molar-refractivity contribution in [3.8, 4) is 0 Å². The Kier molecular flexibility index (Phi) is 7.26. The summed E-state index contributed by atoms with van der Waals surface area (Å²) in [4.78, 5) is 2.67. The molecule has 1 aliphatic carbocycles. The lowest BCUT2D eigenvalue weighted by atomic mass is 9.74. The zero-order chi connectivity index (χ0) is 11.1. The lowest BCUT2D eigenvalue weighted by Gasteiger charge is -2.54. The lowest BCUT2D eigenvalue weighted by molar-refractivity contribution is -0.0436. The van der Waals surface area contributed by atoms with Crippen LogP contribution < -0.4 is 0 Å². The van der Waals surface area contributed by atoms with Gasteiger partial charge in [0.15, 0.2) is 0 Å². The Labute approximate surface area is 90.9 Å². The molecule has 0 N–H and O–H groups in total. The van der Waals surface area contributed by atoms with E-state index >= 15 is 0 Å². The van der Waals surface area contributed by atoms with Crippen LogP contribution in [0.15, 0.2) is 0 Å². The van der Waals surface area contributed by atoms with Gasteiger partial charge in [0, 0.05) is 12.1 Å². The Balaban J connectivity index is 0.000000379. The number of rotatable bonds is 1. The van der Waals surface area contributed by atoms with Crippen molar-refractivity contribution in [2.24, 2.45) is 5.92 Å². The fourth-order valence-corrected chi connectivity index (χ4v) is 2.75. The second-order valence-corrected chi connectivity index (χ2v) is 3.95. The van der Waals surface area contributed by atoms with Crippen LogP contribution in [0.25, 0.3) is 0 Å². The zero-order valence-electron chi connectivity index (χ0n) is 11.0. The van der Waals surface area contributed by atoms with Crippen molar-refractivity contribution >= 4 is 0 Å². The predicted molar refractivity (Wildman–Crippen MR) is 65.7 cm³/mol. The van der Waals surface area contributed by atoms with Gasteiger partial charge in [0.2, 0.25) is 0 Å². The van der Waals surface area contributed by atoms with E-state index in [1.54, 1.807) is 0 Å². The highest BCUT2D eigenvalue weighted by Crippen LogP contribution is 2.40. The van der Waals surface area contributed by atoms with E-state index < -0.39 is 0 Å². The number of hydrogen-bond donors (Lipinski definition) is 0. The van der Waals surface area contributed by atoms with Gasteiger partial charge in [-0.2, -0.15) is 0 Å². The first-order valence-corrected chi connectivity index (χ1v) is 6.57. The minimum Gasteiger partial charge on any atom is -0.298 e. The number of fused-ring (bicyclic) bond motifs is 2. The van der Waals surface area contributed by atoms with Crippen molar-refractivity contribution in [1.82, 2.24) is 4.90 Å². The van der Waals surface area contributed by atoms with E-state index in [2.05, 4.69) is 18.7 Å². The maximum atomic E-state index is 2.67. The van der Waals surface area contributed by atoms with Crippen molar-refractivity contribution in [3.05, 3.63) is 0 Å². The molecule has 2 aliphatic heterocycles. The van der Waals surface area contributed by atoms with Gasteiger partial charge in [0.05, 0.1) is 0 Å². The third kappa shape index (κ3) is 2.98. The van der Waals surface area contributed by atoms with E-state index in [9.17, 15) is 0 Å². The van der Waals surface area contributed by atoms with Crippen LogP contribution in [0.4, 0.5) is 0 Å². The minimum atomic E-state index is 0.971. The Morgan fingerprint density at radius 2 is 1.36 bits per heavy atom. The van der Waals surface area contributed by atoms with Gasteiger partial charge >= 0.3 is 0 Å². The van der Waals surface area contributed by atoms with Crippen LogP contribution in [0.1, 0.15) is 60.8 Å². The molecule has 0 radical (unpaired) electrons. The van der Waals surface area contributed by atoms with Crippen molar-refractivity contribution in [1.29, 1.82) is 0 Å². The largest absolute Gasteiger partial charge is 0.298 e. The Bertz CT molecular complexity index is 121. The van der Waals surface area contributed by atoms with E-state index in [0.29, 0.717) is 0 Å². The first-order chi connectivity index (χ1) is 6.81. The first kappa shape index (κ1) is 14.0. The van der Waals surface area contributed by atoms with Crippen molar-refractivity contribution in [2.75, 3.05) is 6.54 Å². The third-order valence-corrected chi connectivity index (χ3v) is 3.20. The molecule has 0 aromatic carbocycles. The molecular weight excluding hydrogens is 170 g/mol. The minimum absolute atomic E-state index is 0.971. The smallest absolute Gasteiger partial charge is 0.0115 e. The maximum absolute atomic E-state index is 2.67. The van der Waals surface area contributed by atoms with Crippen LogP contribution in [-0.2, 0) is 0 Å². The summed E-state index contributed by atoms with van der Waals surface area (Å²) < 4.78 is 0. The average Bonchev–Trinajstić information content (AvgIpc) is 2.24. The van der Waals surface area contributed by atoms with Gasteiger partial charge in [-0.15, -0.1) is 0 Å². The third-order valence-electron chi connectivity index (χ3n) is 3.20. The SMILES string of the molecule is CC.CC.CCN1C2CC(C)CC1C2. The van der Waals surface area contributed by atoms with Crippen LogP contribution >= 0.6 is 0 Å². The van der Waals surface area contributed by atoms with E-state index in [-0.39, 0.29) is 0 Å². The van der Waals surface area contributed by atoms with Crippen LogP contribution in [0.5, 0.6) is 0 Å². The van der Waals surface area contributed by atoms with Gasteiger partial charge in [0.25, 0.3) is 0 Å². The summed E-state index contributed by atoms with van der Waals surface area (Å²) >= 11 is 0. The first-order valence-electron chi connectivity index (χ1n) is 6.57. The summed E-state index contributed by atoms with van der Waals surface area (Å²) in [5.41, 5.74) is 0. The number of piperidine rings is 1. The molecule has 2 saturated heterocycles. The highest BCUT2D eigenvalue weighted by atomic mass is 15.2. The summed E-state index contributed by atoms with van der Waals surface area (Å²) in [5, 5.41) is 0. The predicted octanol–water partition coefficient (Wildman–Crippen LogP) is 3.93. The Morgan fingerprint density at radius 1 is 0.929 bits per heavy atom. The Morgan fingerprint density at radius 3 is 1.71 bits per heavy atom. The highest BCUT2D eigenvalue weighted by Gasteiger charge is 2.42.